The van der Waals surface area contributed by atoms with Gasteiger partial charge < -0.3 is 15.3 Å². The summed E-state index contributed by atoms with van der Waals surface area (Å²) in [5.41, 5.74) is -0.180. The predicted molar refractivity (Wildman–Crippen MR) is 52.8 cm³/mol. The molecule has 1 unspecified atom stereocenters. The van der Waals surface area contributed by atoms with Gasteiger partial charge in [-0.05, 0) is 19.4 Å². The van der Waals surface area contributed by atoms with Crippen LogP contribution in [-0.4, -0.2) is 48.2 Å². The Morgan fingerprint density at radius 2 is 2.36 bits per heavy atom. The van der Waals surface area contributed by atoms with Gasteiger partial charge in [-0.3, -0.25) is 4.79 Å². The van der Waals surface area contributed by atoms with Crippen LogP contribution >= 0.6 is 0 Å². The van der Waals surface area contributed by atoms with E-state index in [4.69, 9.17) is 5.11 Å². The average molecular weight is 198 g/mol. The van der Waals surface area contributed by atoms with Crippen molar-refractivity contribution in [3.05, 3.63) is 0 Å². The summed E-state index contributed by atoms with van der Waals surface area (Å²) < 4.78 is 0. The third-order valence-electron chi connectivity index (χ3n) is 3.52. The molecule has 1 amide bonds. The van der Waals surface area contributed by atoms with Crippen LogP contribution in [0.3, 0.4) is 0 Å². The molecule has 2 saturated heterocycles. The van der Waals surface area contributed by atoms with Crippen LogP contribution in [0.15, 0.2) is 0 Å². The minimum Gasteiger partial charge on any atom is -0.389 e. The molecular formula is C10H18N2O2. The van der Waals surface area contributed by atoms with Crippen LogP contribution in [0.2, 0.25) is 0 Å². The topological polar surface area (TPSA) is 52.6 Å². The highest BCUT2D eigenvalue weighted by Gasteiger charge is 2.44. The maximum absolute atomic E-state index is 12.1. The van der Waals surface area contributed by atoms with Crippen molar-refractivity contribution in [2.45, 2.75) is 25.9 Å². The number of carbonyl (C=O) groups excluding carboxylic acids is 1. The maximum atomic E-state index is 12.1. The van der Waals surface area contributed by atoms with E-state index in [1.165, 1.54) is 0 Å². The lowest BCUT2D eigenvalue weighted by molar-refractivity contribution is -0.151. The molecule has 2 aliphatic heterocycles. The fourth-order valence-corrected chi connectivity index (χ4v) is 2.34. The molecule has 0 radical (unpaired) electrons. The minimum atomic E-state index is -0.290. The number of rotatable bonds is 2. The highest BCUT2D eigenvalue weighted by molar-refractivity contribution is 5.84. The minimum absolute atomic E-state index is 0.180. The quantitative estimate of drug-likeness (QED) is 0.633. The van der Waals surface area contributed by atoms with Gasteiger partial charge in [0.25, 0.3) is 0 Å². The molecule has 2 fully saturated rings. The van der Waals surface area contributed by atoms with Crippen molar-refractivity contribution in [3.8, 4) is 0 Å². The Hall–Kier alpha value is -0.610. The largest absolute Gasteiger partial charge is 0.389 e. The molecule has 0 aromatic heterocycles. The van der Waals surface area contributed by atoms with Gasteiger partial charge in [0.2, 0.25) is 5.91 Å². The Morgan fingerprint density at radius 3 is 2.79 bits per heavy atom. The highest BCUT2D eigenvalue weighted by Crippen LogP contribution is 2.33. The number of nitrogens with zero attached hydrogens (tertiary/aromatic N) is 1. The van der Waals surface area contributed by atoms with Crippen molar-refractivity contribution >= 4 is 5.91 Å². The van der Waals surface area contributed by atoms with Crippen LogP contribution in [0.5, 0.6) is 0 Å². The van der Waals surface area contributed by atoms with Crippen molar-refractivity contribution in [3.63, 3.8) is 0 Å². The molecule has 2 heterocycles. The number of carbonyl (C=O) groups is 1. The maximum Gasteiger partial charge on any atom is 0.230 e. The first-order valence-electron chi connectivity index (χ1n) is 5.36. The van der Waals surface area contributed by atoms with Crippen molar-refractivity contribution in [2.24, 2.45) is 5.41 Å². The SMILES string of the molecule is CCC1(C(=O)N2CC(O)C2)CCNC1. The molecule has 0 spiro atoms. The second-order valence-corrected chi connectivity index (χ2v) is 4.42. The zero-order valence-corrected chi connectivity index (χ0v) is 8.62. The molecule has 0 bridgehead atoms. The Kier molecular flexibility index (Phi) is 2.49. The summed E-state index contributed by atoms with van der Waals surface area (Å²) in [6.45, 7) is 4.87. The number of β-amino-alcohol motifs (C(OH)–C–C–N with tert-alkyl or cyclic N) is 1. The van der Waals surface area contributed by atoms with Crippen molar-refractivity contribution in [1.29, 1.82) is 0 Å². The fraction of sp³-hybridized carbons (Fsp3) is 0.900. The molecule has 2 N–H and O–H groups in total. The molecule has 0 aliphatic carbocycles. The zero-order valence-electron chi connectivity index (χ0n) is 8.62. The molecular weight excluding hydrogens is 180 g/mol. The van der Waals surface area contributed by atoms with Gasteiger partial charge in [0.05, 0.1) is 11.5 Å². The lowest BCUT2D eigenvalue weighted by Crippen LogP contribution is -2.58. The summed E-state index contributed by atoms with van der Waals surface area (Å²) in [4.78, 5) is 13.9. The third-order valence-corrected chi connectivity index (χ3v) is 3.52. The third kappa shape index (κ3) is 1.42. The molecule has 4 heteroatoms. The Bertz CT molecular complexity index is 230. The summed E-state index contributed by atoms with van der Waals surface area (Å²) in [7, 11) is 0. The zero-order chi connectivity index (χ0) is 10.2. The van der Waals surface area contributed by atoms with Crippen LogP contribution in [0, 0.1) is 5.41 Å². The van der Waals surface area contributed by atoms with Gasteiger partial charge >= 0.3 is 0 Å². The summed E-state index contributed by atoms with van der Waals surface area (Å²) >= 11 is 0. The number of aliphatic hydroxyl groups is 1. The lowest BCUT2D eigenvalue weighted by atomic mass is 9.82. The molecule has 0 saturated carbocycles. The molecule has 0 aromatic carbocycles. The first kappa shape index (κ1) is 9.93. The lowest BCUT2D eigenvalue weighted by Gasteiger charge is -2.41. The molecule has 4 nitrogen and oxygen atoms in total. The van der Waals surface area contributed by atoms with E-state index in [1.54, 1.807) is 4.90 Å². The molecule has 14 heavy (non-hydrogen) atoms. The molecule has 0 aromatic rings. The summed E-state index contributed by atoms with van der Waals surface area (Å²) in [5.74, 6) is 0.232. The van der Waals surface area contributed by atoms with Crippen LogP contribution in [-0.2, 0) is 4.79 Å². The fourth-order valence-electron chi connectivity index (χ4n) is 2.34. The van der Waals surface area contributed by atoms with E-state index >= 15 is 0 Å². The standard InChI is InChI=1S/C10H18N2O2/c1-2-10(3-4-11-7-10)9(14)12-5-8(13)6-12/h8,11,13H,2-7H2,1H3. The van der Waals surface area contributed by atoms with Gasteiger partial charge in [0.1, 0.15) is 0 Å². The number of nitrogens with one attached hydrogen (secondary N) is 1. The number of hydrogen-bond donors (Lipinski definition) is 2. The van der Waals surface area contributed by atoms with Gasteiger partial charge in [0.15, 0.2) is 0 Å². The van der Waals surface area contributed by atoms with Crippen molar-refractivity contribution < 1.29 is 9.90 Å². The van der Waals surface area contributed by atoms with Gasteiger partial charge in [0, 0.05) is 19.6 Å². The highest BCUT2D eigenvalue weighted by atomic mass is 16.3. The van der Waals surface area contributed by atoms with E-state index in [9.17, 15) is 4.79 Å². The summed E-state index contributed by atoms with van der Waals surface area (Å²) in [5, 5.41) is 12.4. The van der Waals surface area contributed by atoms with Crippen LogP contribution in [0.4, 0.5) is 0 Å². The smallest absolute Gasteiger partial charge is 0.230 e. The van der Waals surface area contributed by atoms with Gasteiger partial charge in [-0.2, -0.15) is 0 Å². The normalized spacial score (nSPS) is 33.1. The Balaban J connectivity index is 2.01. The van der Waals surface area contributed by atoms with E-state index in [1.807, 2.05) is 0 Å². The second-order valence-electron chi connectivity index (χ2n) is 4.42. The number of amides is 1. The monoisotopic (exact) mass is 198 g/mol. The first-order chi connectivity index (χ1) is 6.68. The van der Waals surface area contributed by atoms with Crippen molar-refractivity contribution in [1.82, 2.24) is 10.2 Å². The second kappa shape index (κ2) is 3.51. The molecule has 80 valence electrons. The van der Waals surface area contributed by atoms with Gasteiger partial charge in [-0.1, -0.05) is 6.92 Å². The van der Waals surface area contributed by atoms with E-state index in [0.29, 0.717) is 13.1 Å². The van der Waals surface area contributed by atoms with Crippen LogP contribution < -0.4 is 5.32 Å². The molecule has 2 rings (SSSR count). The van der Waals surface area contributed by atoms with Gasteiger partial charge in [-0.25, -0.2) is 0 Å². The average Bonchev–Trinajstić information content (AvgIpc) is 2.61. The first-order valence-corrected chi connectivity index (χ1v) is 5.36. The van der Waals surface area contributed by atoms with E-state index < -0.39 is 0 Å². The van der Waals surface area contributed by atoms with E-state index in [-0.39, 0.29) is 17.4 Å². The molecule has 1 atom stereocenters. The van der Waals surface area contributed by atoms with Crippen LogP contribution in [0.1, 0.15) is 19.8 Å². The Morgan fingerprint density at radius 1 is 1.64 bits per heavy atom. The van der Waals surface area contributed by atoms with Gasteiger partial charge in [-0.15, -0.1) is 0 Å². The Labute approximate surface area is 84.3 Å². The summed E-state index contributed by atoms with van der Waals surface area (Å²) in [6.07, 6.45) is 1.54. The summed E-state index contributed by atoms with van der Waals surface area (Å²) in [6, 6.07) is 0. The van der Waals surface area contributed by atoms with Crippen molar-refractivity contribution in [2.75, 3.05) is 26.2 Å². The number of hydrogen-bond acceptors (Lipinski definition) is 3. The predicted octanol–water partition coefficient (Wildman–Crippen LogP) is -0.421. The molecule has 2 aliphatic rings. The number of likely N-dealkylation sites (tertiary alicyclic amines) is 1. The van der Waals surface area contributed by atoms with E-state index in [2.05, 4.69) is 12.2 Å². The van der Waals surface area contributed by atoms with E-state index in [0.717, 1.165) is 25.9 Å². The number of aliphatic hydroxyl groups excluding tert-OH is 1. The van der Waals surface area contributed by atoms with Crippen LogP contribution in [0.25, 0.3) is 0 Å².